The first-order valence-electron chi connectivity index (χ1n) is 12.4. The van der Waals surface area contributed by atoms with Crippen molar-refractivity contribution in [2.75, 3.05) is 16.4 Å². The first-order valence-corrected chi connectivity index (χ1v) is 14.2. The van der Waals surface area contributed by atoms with Gasteiger partial charge in [0.1, 0.15) is 5.70 Å². The minimum Gasteiger partial charge on any atom is -0.325 e. The number of carbonyl (C=O) groups excluding carboxylic acids is 3. The Labute approximate surface area is 252 Å². The first-order chi connectivity index (χ1) is 20.1. The summed E-state index contributed by atoms with van der Waals surface area (Å²) in [5.74, 6) is -1.48. The molecule has 42 heavy (non-hydrogen) atoms. The van der Waals surface area contributed by atoms with Gasteiger partial charge in [0, 0.05) is 26.3 Å². The average Bonchev–Trinajstić information content (AvgIpc) is 2.96. The molecule has 0 unspecified atom stereocenters. The van der Waals surface area contributed by atoms with Crippen LogP contribution in [0.25, 0.3) is 6.08 Å². The smallest absolute Gasteiger partial charge is 0.325 e. The fraction of sp³-hybridized carbons (Fsp3) is 0.0645. The van der Waals surface area contributed by atoms with Crippen molar-refractivity contribution in [3.63, 3.8) is 0 Å². The Morgan fingerprint density at radius 1 is 0.786 bits per heavy atom. The molecule has 0 fully saturated rings. The molecule has 0 aromatic heterocycles. The number of rotatable bonds is 9. The summed E-state index contributed by atoms with van der Waals surface area (Å²) in [5.41, 5.74) is 0.778. The molecule has 0 saturated heterocycles. The summed E-state index contributed by atoms with van der Waals surface area (Å²) in [5, 5.41) is 7.91. The molecule has 3 amide bonds. The highest BCUT2D eigenvalue weighted by molar-refractivity contribution is 9.10. The fourth-order valence-electron chi connectivity index (χ4n) is 3.66. The highest BCUT2D eigenvalue weighted by Gasteiger charge is 2.30. The number of hydrogen-bond acceptors (Lipinski definition) is 4. The maximum Gasteiger partial charge on any atom is 0.416 e. The van der Waals surface area contributed by atoms with Gasteiger partial charge in [-0.1, -0.05) is 52.3 Å². The quantitative estimate of drug-likeness (QED) is 0.128. The summed E-state index contributed by atoms with van der Waals surface area (Å²) < 4.78 is 39.5. The van der Waals surface area contributed by atoms with Gasteiger partial charge in [0.15, 0.2) is 0 Å². The number of thioether (sulfide) groups is 1. The van der Waals surface area contributed by atoms with Crippen molar-refractivity contribution >= 4 is 62.9 Å². The fourth-order valence-corrected chi connectivity index (χ4v) is 4.77. The van der Waals surface area contributed by atoms with Gasteiger partial charge in [-0.2, -0.15) is 13.2 Å². The van der Waals surface area contributed by atoms with E-state index in [-0.39, 0.29) is 17.1 Å². The van der Waals surface area contributed by atoms with Crippen LogP contribution in [0.15, 0.2) is 118 Å². The predicted octanol–water partition coefficient (Wildman–Crippen LogP) is 7.61. The Kier molecular flexibility index (Phi) is 10.2. The Morgan fingerprint density at radius 3 is 2.19 bits per heavy atom. The Bertz CT molecular complexity index is 1610. The second kappa shape index (κ2) is 14.0. The molecule has 214 valence electrons. The zero-order valence-electron chi connectivity index (χ0n) is 21.7. The highest BCUT2D eigenvalue weighted by Crippen LogP contribution is 2.31. The summed E-state index contributed by atoms with van der Waals surface area (Å²) in [6.07, 6.45) is -2.94. The summed E-state index contributed by atoms with van der Waals surface area (Å²) in [7, 11) is 0. The molecule has 4 aromatic rings. The van der Waals surface area contributed by atoms with Crippen molar-refractivity contribution in [1.82, 2.24) is 5.32 Å². The summed E-state index contributed by atoms with van der Waals surface area (Å²) in [4.78, 5) is 39.0. The largest absolute Gasteiger partial charge is 0.416 e. The number of anilines is 2. The molecule has 0 atom stereocenters. The van der Waals surface area contributed by atoms with Crippen molar-refractivity contribution in [3.8, 4) is 0 Å². The zero-order chi connectivity index (χ0) is 30.1. The molecule has 3 N–H and O–H groups in total. The monoisotopic (exact) mass is 653 g/mol. The molecule has 0 aliphatic rings. The molecule has 4 aromatic carbocycles. The summed E-state index contributed by atoms with van der Waals surface area (Å²) in [6, 6.07) is 26.8. The van der Waals surface area contributed by atoms with Gasteiger partial charge in [-0.05, 0) is 78.4 Å². The van der Waals surface area contributed by atoms with Gasteiger partial charge in [-0.3, -0.25) is 14.4 Å². The van der Waals surface area contributed by atoms with E-state index in [0.717, 1.165) is 16.6 Å². The highest BCUT2D eigenvalue weighted by atomic mass is 79.9. The van der Waals surface area contributed by atoms with E-state index >= 15 is 0 Å². The van der Waals surface area contributed by atoms with E-state index in [9.17, 15) is 27.6 Å². The standard InChI is InChI=1S/C31H23BrF3N3O3S/c32-23-10-4-6-20(16-23)17-27(38-29(40)21-7-2-1-3-8-21)30(41)37-24-12-14-26(15-13-24)42-19-28(39)36-25-11-5-9-22(18-25)31(33,34)35/h1-18H,19H2,(H,36,39)(H,37,41)(H,38,40)/b27-17-. The van der Waals surface area contributed by atoms with E-state index in [1.54, 1.807) is 78.9 Å². The van der Waals surface area contributed by atoms with Crippen LogP contribution in [-0.4, -0.2) is 23.5 Å². The van der Waals surface area contributed by atoms with Crippen molar-refractivity contribution in [1.29, 1.82) is 0 Å². The van der Waals surface area contributed by atoms with Gasteiger partial charge in [0.25, 0.3) is 11.8 Å². The van der Waals surface area contributed by atoms with Crippen molar-refractivity contribution in [2.24, 2.45) is 0 Å². The van der Waals surface area contributed by atoms with Crippen LogP contribution in [0.1, 0.15) is 21.5 Å². The molecular formula is C31H23BrF3N3O3S. The Morgan fingerprint density at radius 2 is 1.50 bits per heavy atom. The molecule has 0 spiro atoms. The maximum absolute atomic E-state index is 13.2. The predicted molar refractivity (Wildman–Crippen MR) is 162 cm³/mol. The van der Waals surface area contributed by atoms with Crippen LogP contribution in [0.3, 0.4) is 0 Å². The van der Waals surface area contributed by atoms with Crippen LogP contribution >= 0.6 is 27.7 Å². The lowest BCUT2D eigenvalue weighted by atomic mass is 10.1. The van der Waals surface area contributed by atoms with E-state index in [1.807, 2.05) is 6.07 Å². The first kappa shape index (κ1) is 30.6. The number of halogens is 4. The SMILES string of the molecule is O=C(CSc1ccc(NC(=O)/C(=C/c2cccc(Br)c2)NC(=O)c2ccccc2)cc1)Nc1cccc(C(F)(F)F)c1. The lowest BCUT2D eigenvalue weighted by Gasteiger charge is -2.12. The molecule has 0 radical (unpaired) electrons. The third-order valence-corrected chi connectivity index (χ3v) is 7.15. The second-order valence-electron chi connectivity index (χ2n) is 8.83. The molecular weight excluding hydrogens is 631 g/mol. The molecule has 0 bridgehead atoms. The summed E-state index contributed by atoms with van der Waals surface area (Å²) >= 11 is 4.58. The van der Waals surface area contributed by atoms with E-state index in [1.165, 1.54) is 23.9 Å². The van der Waals surface area contributed by atoms with E-state index in [4.69, 9.17) is 0 Å². The molecule has 0 aliphatic heterocycles. The van der Waals surface area contributed by atoms with Crippen molar-refractivity contribution < 1.29 is 27.6 Å². The average molecular weight is 655 g/mol. The molecule has 6 nitrogen and oxygen atoms in total. The second-order valence-corrected chi connectivity index (χ2v) is 10.8. The van der Waals surface area contributed by atoms with E-state index in [0.29, 0.717) is 21.7 Å². The van der Waals surface area contributed by atoms with Gasteiger partial charge in [0.2, 0.25) is 5.91 Å². The lowest BCUT2D eigenvalue weighted by molar-refractivity contribution is -0.137. The molecule has 0 saturated carbocycles. The van der Waals surface area contributed by atoms with Crippen LogP contribution in [0.4, 0.5) is 24.5 Å². The molecule has 11 heteroatoms. The molecule has 0 heterocycles. The maximum atomic E-state index is 13.2. The van der Waals surface area contributed by atoms with Gasteiger partial charge >= 0.3 is 6.18 Å². The number of carbonyl (C=O) groups is 3. The molecule has 4 rings (SSSR count). The zero-order valence-corrected chi connectivity index (χ0v) is 24.1. The van der Waals surface area contributed by atoms with Crippen LogP contribution in [0.5, 0.6) is 0 Å². The Hall–Kier alpha value is -4.35. The number of amides is 3. The topological polar surface area (TPSA) is 87.3 Å². The number of hydrogen-bond donors (Lipinski definition) is 3. The normalized spacial score (nSPS) is 11.5. The lowest BCUT2D eigenvalue weighted by Crippen LogP contribution is -2.30. The van der Waals surface area contributed by atoms with Crippen LogP contribution in [0, 0.1) is 0 Å². The third kappa shape index (κ3) is 9.08. The van der Waals surface area contributed by atoms with E-state index in [2.05, 4.69) is 31.9 Å². The minimum absolute atomic E-state index is 0.0340. The van der Waals surface area contributed by atoms with Crippen LogP contribution in [0.2, 0.25) is 0 Å². The summed E-state index contributed by atoms with van der Waals surface area (Å²) in [6.45, 7) is 0. The van der Waals surface area contributed by atoms with Gasteiger partial charge in [0.05, 0.1) is 11.3 Å². The minimum atomic E-state index is -4.50. The number of nitrogens with one attached hydrogen (secondary N) is 3. The molecule has 0 aliphatic carbocycles. The third-order valence-electron chi connectivity index (χ3n) is 5.64. The van der Waals surface area contributed by atoms with Gasteiger partial charge < -0.3 is 16.0 Å². The van der Waals surface area contributed by atoms with Gasteiger partial charge in [-0.15, -0.1) is 11.8 Å². The number of benzene rings is 4. The number of alkyl halides is 3. The van der Waals surface area contributed by atoms with Crippen LogP contribution < -0.4 is 16.0 Å². The van der Waals surface area contributed by atoms with E-state index < -0.39 is 29.5 Å². The van der Waals surface area contributed by atoms with Gasteiger partial charge in [-0.25, -0.2) is 0 Å². The van der Waals surface area contributed by atoms with Crippen molar-refractivity contribution in [2.45, 2.75) is 11.1 Å². The Balaban J connectivity index is 1.39. The van der Waals surface area contributed by atoms with Crippen LogP contribution in [-0.2, 0) is 15.8 Å². The van der Waals surface area contributed by atoms with Crippen molar-refractivity contribution in [3.05, 3.63) is 130 Å².